The lowest BCUT2D eigenvalue weighted by molar-refractivity contribution is -0.384. The molecule has 1 aromatic heterocycles. The van der Waals surface area contributed by atoms with E-state index in [4.69, 9.17) is 23.2 Å². The summed E-state index contributed by atoms with van der Waals surface area (Å²) in [5.74, 6) is 0. The minimum Gasteiger partial charge on any atom is -0.298 e. The van der Waals surface area contributed by atoms with Crippen LogP contribution in [-0.4, -0.2) is 21.0 Å². The van der Waals surface area contributed by atoms with Crippen LogP contribution >= 0.6 is 23.2 Å². The van der Waals surface area contributed by atoms with E-state index >= 15 is 0 Å². The Morgan fingerprint density at radius 2 is 1.88 bits per heavy atom. The Morgan fingerprint density at radius 3 is 2.54 bits per heavy atom. The van der Waals surface area contributed by atoms with Crippen LogP contribution in [0.1, 0.15) is 10.4 Å². The third-order valence-electron chi connectivity index (χ3n) is 3.39. The average molecular weight is 362 g/mol. The second kappa shape index (κ2) is 6.43. The van der Waals surface area contributed by atoms with E-state index in [2.05, 4.69) is 5.10 Å². The maximum atomic E-state index is 11.4. The van der Waals surface area contributed by atoms with Crippen LogP contribution in [0.15, 0.2) is 48.7 Å². The first kappa shape index (κ1) is 16.2. The number of hydrogen-bond acceptors (Lipinski definition) is 4. The number of nitro groups is 1. The third-order valence-corrected chi connectivity index (χ3v) is 4.13. The molecule has 0 atom stereocenters. The van der Waals surface area contributed by atoms with Crippen LogP contribution in [0.5, 0.6) is 0 Å². The Labute approximate surface area is 146 Å². The first-order chi connectivity index (χ1) is 11.5. The van der Waals surface area contributed by atoms with Crippen LogP contribution in [-0.2, 0) is 0 Å². The highest BCUT2D eigenvalue weighted by atomic mass is 35.5. The summed E-state index contributed by atoms with van der Waals surface area (Å²) in [5.41, 5.74) is 1.18. The van der Waals surface area contributed by atoms with Crippen molar-refractivity contribution in [3.8, 4) is 16.9 Å². The second-order valence-electron chi connectivity index (χ2n) is 4.87. The fraction of sp³-hybridized carbons (Fsp3) is 0. The number of carbonyl (C=O) groups excluding carboxylic acids is 1. The van der Waals surface area contributed by atoms with Crippen LogP contribution in [0, 0.1) is 10.1 Å². The summed E-state index contributed by atoms with van der Waals surface area (Å²) < 4.78 is 1.43. The van der Waals surface area contributed by atoms with Crippen LogP contribution in [0.25, 0.3) is 16.9 Å². The van der Waals surface area contributed by atoms with Gasteiger partial charge in [-0.25, -0.2) is 4.68 Å². The summed E-state index contributed by atoms with van der Waals surface area (Å²) in [6.07, 6.45) is 2.09. The van der Waals surface area contributed by atoms with Gasteiger partial charge in [-0.1, -0.05) is 35.3 Å². The molecule has 6 nitrogen and oxygen atoms in total. The minimum absolute atomic E-state index is 0.125. The standard InChI is InChI=1S/C16H9Cl2N3O3/c17-13-6-5-11(7-14(13)18)20-8-10(9-22)16(19-20)12-3-1-2-4-15(12)21(23)24/h1-9H. The number of benzene rings is 2. The predicted molar refractivity (Wildman–Crippen MR) is 91.1 cm³/mol. The lowest BCUT2D eigenvalue weighted by Crippen LogP contribution is -1.96. The molecule has 0 aliphatic rings. The highest BCUT2D eigenvalue weighted by Gasteiger charge is 2.20. The van der Waals surface area contributed by atoms with E-state index in [1.165, 1.54) is 16.9 Å². The van der Waals surface area contributed by atoms with E-state index in [0.717, 1.165) is 0 Å². The summed E-state index contributed by atoms with van der Waals surface area (Å²) in [5, 5.41) is 16.2. The predicted octanol–water partition coefficient (Wildman–Crippen LogP) is 4.57. The van der Waals surface area contributed by atoms with Gasteiger partial charge in [-0.15, -0.1) is 0 Å². The molecule has 0 unspecified atom stereocenters. The number of aromatic nitrogens is 2. The van der Waals surface area contributed by atoms with Gasteiger partial charge in [0.25, 0.3) is 5.69 Å². The van der Waals surface area contributed by atoms with Crippen LogP contribution in [0.2, 0.25) is 10.0 Å². The number of halogens is 2. The zero-order chi connectivity index (χ0) is 17.3. The number of aldehydes is 1. The number of para-hydroxylation sites is 1. The van der Waals surface area contributed by atoms with Crippen molar-refractivity contribution in [3.63, 3.8) is 0 Å². The van der Waals surface area contributed by atoms with Gasteiger partial charge in [0.2, 0.25) is 0 Å². The lowest BCUT2D eigenvalue weighted by atomic mass is 10.1. The zero-order valence-electron chi connectivity index (χ0n) is 12.0. The van der Waals surface area contributed by atoms with Gasteiger partial charge in [-0.2, -0.15) is 5.10 Å². The van der Waals surface area contributed by atoms with Gasteiger partial charge in [0.15, 0.2) is 6.29 Å². The van der Waals surface area contributed by atoms with Gasteiger partial charge in [-0.05, 0) is 24.3 Å². The van der Waals surface area contributed by atoms with Crippen LogP contribution < -0.4 is 0 Å². The molecule has 0 N–H and O–H groups in total. The second-order valence-corrected chi connectivity index (χ2v) is 5.68. The van der Waals surface area contributed by atoms with Gasteiger partial charge >= 0.3 is 0 Å². The molecular weight excluding hydrogens is 353 g/mol. The Kier molecular flexibility index (Phi) is 4.33. The summed E-state index contributed by atoms with van der Waals surface area (Å²) in [4.78, 5) is 22.1. The van der Waals surface area contributed by atoms with Crippen molar-refractivity contribution in [1.29, 1.82) is 0 Å². The highest BCUT2D eigenvalue weighted by molar-refractivity contribution is 6.42. The molecule has 0 aliphatic carbocycles. The van der Waals surface area contributed by atoms with Gasteiger partial charge in [0.05, 0.1) is 31.8 Å². The smallest absolute Gasteiger partial charge is 0.278 e. The molecule has 0 saturated heterocycles. The van der Waals surface area contributed by atoms with E-state index in [-0.39, 0.29) is 22.5 Å². The molecule has 3 rings (SSSR count). The number of carbonyl (C=O) groups is 1. The number of hydrogen-bond donors (Lipinski definition) is 0. The maximum Gasteiger partial charge on any atom is 0.278 e. The molecule has 0 bridgehead atoms. The topological polar surface area (TPSA) is 78.0 Å². The maximum absolute atomic E-state index is 11.4. The average Bonchev–Trinajstić information content (AvgIpc) is 3.01. The fourth-order valence-corrected chi connectivity index (χ4v) is 2.57. The molecule has 2 aromatic carbocycles. The molecule has 3 aromatic rings. The number of rotatable bonds is 4. The largest absolute Gasteiger partial charge is 0.298 e. The van der Waals surface area contributed by atoms with Crippen molar-refractivity contribution in [3.05, 3.63) is 74.4 Å². The van der Waals surface area contributed by atoms with Gasteiger partial charge in [0.1, 0.15) is 5.69 Å². The molecule has 1 heterocycles. The molecule has 120 valence electrons. The van der Waals surface area contributed by atoms with Gasteiger partial charge in [0, 0.05) is 12.3 Å². The van der Waals surface area contributed by atoms with Crippen molar-refractivity contribution >= 4 is 35.2 Å². The van der Waals surface area contributed by atoms with E-state index in [0.29, 0.717) is 22.0 Å². The third kappa shape index (κ3) is 2.89. The van der Waals surface area contributed by atoms with Crippen molar-refractivity contribution in [2.75, 3.05) is 0 Å². The summed E-state index contributed by atoms with van der Waals surface area (Å²) in [6, 6.07) is 11.0. The first-order valence-electron chi connectivity index (χ1n) is 6.75. The van der Waals surface area contributed by atoms with Crippen LogP contribution in [0.4, 0.5) is 5.69 Å². The first-order valence-corrected chi connectivity index (χ1v) is 7.51. The molecule has 0 amide bonds. The van der Waals surface area contributed by atoms with Crippen molar-refractivity contribution in [2.24, 2.45) is 0 Å². The Hall–Kier alpha value is -2.70. The van der Waals surface area contributed by atoms with Crippen molar-refractivity contribution < 1.29 is 9.72 Å². The van der Waals surface area contributed by atoms with E-state index in [9.17, 15) is 14.9 Å². The Morgan fingerprint density at radius 1 is 1.12 bits per heavy atom. The summed E-state index contributed by atoms with van der Waals surface area (Å²) in [7, 11) is 0. The van der Waals surface area contributed by atoms with Crippen LogP contribution in [0.3, 0.4) is 0 Å². The molecule has 0 saturated carbocycles. The zero-order valence-corrected chi connectivity index (χ0v) is 13.5. The summed E-state index contributed by atoms with van der Waals surface area (Å²) >= 11 is 11.9. The number of nitro benzene ring substituents is 1. The fourth-order valence-electron chi connectivity index (χ4n) is 2.28. The SMILES string of the molecule is O=Cc1cn(-c2ccc(Cl)c(Cl)c2)nc1-c1ccccc1[N+](=O)[O-]. The lowest BCUT2D eigenvalue weighted by Gasteiger charge is -2.03. The molecule has 24 heavy (non-hydrogen) atoms. The minimum atomic E-state index is -0.512. The molecule has 0 spiro atoms. The molecule has 8 heteroatoms. The van der Waals surface area contributed by atoms with Gasteiger partial charge in [-0.3, -0.25) is 14.9 Å². The molecule has 0 radical (unpaired) electrons. The Bertz CT molecular complexity index is 953. The Balaban J connectivity index is 2.17. The summed E-state index contributed by atoms with van der Waals surface area (Å²) in [6.45, 7) is 0. The highest BCUT2D eigenvalue weighted by Crippen LogP contribution is 2.31. The normalized spacial score (nSPS) is 10.6. The van der Waals surface area contributed by atoms with Crippen molar-refractivity contribution in [1.82, 2.24) is 9.78 Å². The molecule has 0 aliphatic heterocycles. The van der Waals surface area contributed by atoms with Crippen molar-refractivity contribution in [2.45, 2.75) is 0 Å². The quantitative estimate of drug-likeness (QED) is 0.387. The van der Waals surface area contributed by atoms with E-state index < -0.39 is 4.92 Å². The number of nitrogens with zero attached hydrogens (tertiary/aromatic N) is 3. The molecular formula is C16H9Cl2N3O3. The van der Waals surface area contributed by atoms with E-state index in [1.807, 2.05) is 0 Å². The van der Waals surface area contributed by atoms with E-state index in [1.54, 1.807) is 36.4 Å². The monoisotopic (exact) mass is 361 g/mol. The van der Waals surface area contributed by atoms with Gasteiger partial charge < -0.3 is 0 Å². The molecule has 0 fully saturated rings.